The van der Waals surface area contributed by atoms with Crippen LogP contribution < -0.4 is 4.74 Å². The molecule has 98 valence electrons. The number of aliphatic hydroxyl groups is 1. The van der Waals surface area contributed by atoms with Gasteiger partial charge in [-0.2, -0.15) is 0 Å². The fourth-order valence-corrected chi connectivity index (χ4v) is 1.81. The predicted octanol–water partition coefficient (Wildman–Crippen LogP) is 3.32. The van der Waals surface area contributed by atoms with Crippen LogP contribution in [0.4, 0.5) is 0 Å². The van der Waals surface area contributed by atoms with Crippen LogP contribution in [-0.4, -0.2) is 17.2 Å². The Morgan fingerprint density at radius 3 is 2.44 bits per heavy atom. The van der Waals surface area contributed by atoms with Gasteiger partial charge in [-0.25, -0.2) is 0 Å². The van der Waals surface area contributed by atoms with E-state index >= 15 is 0 Å². The maximum absolute atomic E-state index is 12.1. The third kappa shape index (κ3) is 3.55. The van der Waals surface area contributed by atoms with Gasteiger partial charge in [0.25, 0.3) is 0 Å². The molecule has 0 aromatic heterocycles. The summed E-state index contributed by atoms with van der Waals surface area (Å²) in [5, 5.41) is 10.1. The Bertz CT molecular complexity index is 438. The van der Waals surface area contributed by atoms with E-state index in [4.69, 9.17) is 4.74 Å². The van der Waals surface area contributed by atoms with E-state index in [0.29, 0.717) is 5.75 Å². The number of carbonyl (C=O) groups excluding carboxylic acids is 1. The van der Waals surface area contributed by atoms with Crippen molar-refractivity contribution in [1.82, 2.24) is 0 Å². The van der Waals surface area contributed by atoms with Crippen LogP contribution in [0.25, 0.3) is 0 Å². The number of ether oxygens (including phenoxy) is 1. The number of hydrogen-bond acceptors (Lipinski definition) is 3. The van der Waals surface area contributed by atoms with E-state index in [-0.39, 0.29) is 0 Å². The molecule has 0 fully saturated rings. The molecule has 0 amide bonds. The molecule has 1 unspecified atom stereocenters. The monoisotopic (exact) mass is 360 g/mol. The minimum atomic E-state index is -0.985. The summed E-state index contributed by atoms with van der Waals surface area (Å²) in [6, 6.07) is 8.85. The highest BCUT2D eigenvalue weighted by Crippen LogP contribution is 2.28. The Morgan fingerprint density at radius 1 is 1.39 bits per heavy atom. The number of halogens is 1. The van der Waals surface area contributed by atoms with Gasteiger partial charge in [0.2, 0.25) is 0 Å². The highest BCUT2D eigenvalue weighted by Gasteiger charge is 2.38. The van der Waals surface area contributed by atoms with Gasteiger partial charge in [-0.05, 0) is 42.6 Å². The summed E-state index contributed by atoms with van der Waals surface area (Å²) in [5.41, 5.74) is -0.243. The molecule has 4 heteroatoms. The van der Waals surface area contributed by atoms with Crippen LogP contribution in [0.15, 0.2) is 40.0 Å². The van der Waals surface area contributed by atoms with Crippen LogP contribution >= 0.6 is 22.6 Å². The number of benzene rings is 1. The van der Waals surface area contributed by atoms with Crippen LogP contribution in [0.5, 0.6) is 5.75 Å². The third-order valence-corrected chi connectivity index (χ3v) is 3.75. The molecule has 0 aliphatic carbocycles. The van der Waals surface area contributed by atoms with Crippen molar-refractivity contribution in [3.63, 3.8) is 0 Å². The van der Waals surface area contributed by atoms with E-state index in [1.54, 1.807) is 49.1 Å². The zero-order chi connectivity index (χ0) is 13.8. The molecule has 1 aromatic carbocycles. The van der Waals surface area contributed by atoms with Crippen LogP contribution in [0.2, 0.25) is 0 Å². The van der Waals surface area contributed by atoms with Gasteiger partial charge in [0, 0.05) is 0 Å². The fourth-order valence-electron chi connectivity index (χ4n) is 1.47. The van der Waals surface area contributed by atoms with Crippen molar-refractivity contribution in [2.75, 3.05) is 0 Å². The summed E-state index contributed by atoms with van der Waals surface area (Å²) in [7, 11) is 0. The van der Waals surface area contributed by atoms with E-state index in [1.165, 1.54) is 0 Å². The Kier molecular flexibility index (Phi) is 5.34. The average Bonchev–Trinajstić information content (AvgIpc) is 2.37. The van der Waals surface area contributed by atoms with E-state index in [0.717, 1.165) is 5.57 Å². The Labute approximate surface area is 121 Å². The molecule has 0 aliphatic heterocycles. The summed E-state index contributed by atoms with van der Waals surface area (Å²) in [6.07, 6.45) is -0.856. The first-order valence-electron chi connectivity index (χ1n) is 5.62. The fraction of sp³-hybridized carbons (Fsp3) is 0.357. The van der Waals surface area contributed by atoms with E-state index in [2.05, 4.69) is 0 Å². The minimum absolute atomic E-state index is 0.446. The predicted molar refractivity (Wildman–Crippen MR) is 79.6 cm³/mol. The van der Waals surface area contributed by atoms with Crippen molar-refractivity contribution in [2.45, 2.75) is 26.9 Å². The van der Waals surface area contributed by atoms with Crippen molar-refractivity contribution in [1.29, 1.82) is 0 Å². The second-order valence-corrected chi connectivity index (χ2v) is 5.30. The second-order valence-electron chi connectivity index (χ2n) is 4.68. The average molecular weight is 360 g/mol. The van der Waals surface area contributed by atoms with E-state index in [9.17, 15) is 9.90 Å². The Morgan fingerprint density at radius 2 is 1.94 bits per heavy atom. The SMILES string of the molecule is C/C(=C/I)C(O)C(C)(C)C(=O)Oc1ccccc1. The standard InChI is InChI=1S/C14H17IO3/c1-10(9-15)12(16)14(2,3)13(17)18-11-7-5-4-6-8-11/h4-9,12,16H,1-3H3/b10-9-. The molecule has 1 atom stereocenters. The molecular formula is C14H17IO3. The van der Waals surface area contributed by atoms with Crippen molar-refractivity contribution in [3.05, 3.63) is 40.0 Å². The van der Waals surface area contributed by atoms with Crippen molar-refractivity contribution >= 4 is 28.6 Å². The number of aliphatic hydroxyl groups excluding tert-OH is 1. The number of para-hydroxylation sites is 1. The Hall–Kier alpha value is -0.880. The topological polar surface area (TPSA) is 46.5 Å². The third-order valence-electron chi connectivity index (χ3n) is 2.77. The zero-order valence-electron chi connectivity index (χ0n) is 10.7. The van der Waals surface area contributed by atoms with Crippen LogP contribution in [0.3, 0.4) is 0 Å². The van der Waals surface area contributed by atoms with Crippen molar-refractivity contribution < 1.29 is 14.6 Å². The molecule has 0 saturated heterocycles. The van der Waals surface area contributed by atoms with Crippen LogP contribution in [-0.2, 0) is 4.79 Å². The first-order chi connectivity index (χ1) is 8.39. The van der Waals surface area contributed by atoms with Gasteiger partial charge in [-0.1, -0.05) is 40.8 Å². The lowest BCUT2D eigenvalue weighted by Gasteiger charge is -2.28. The number of carbonyl (C=O) groups is 1. The number of rotatable bonds is 4. The highest BCUT2D eigenvalue weighted by atomic mass is 127. The van der Waals surface area contributed by atoms with Crippen LogP contribution in [0, 0.1) is 5.41 Å². The van der Waals surface area contributed by atoms with E-state index in [1.807, 2.05) is 28.7 Å². The van der Waals surface area contributed by atoms with Gasteiger partial charge < -0.3 is 9.84 Å². The van der Waals surface area contributed by atoms with Crippen molar-refractivity contribution in [2.24, 2.45) is 5.41 Å². The normalized spacial score (nSPS) is 14.2. The zero-order valence-corrected chi connectivity index (χ0v) is 12.8. The molecule has 1 N–H and O–H groups in total. The first-order valence-corrected chi connectivity index (χ1v) is 6.86. The smallest absolute Gasteiger partial charge is 0.319 e. The number of hydrogen-bond donors (Lipinski definition) is 1. The van der Waals surface area contributed by atoms with Crippen molar-refractivity contribution in [3.8, 4) is 5.75 Å². The molecule has 0 radical (unpaired) electrons. The Balaban J connectivity index is 2.83. The van der Waals surface area contributed by atoms with Crippen LogP contribution in [0.1, 0.15) is 20.8 Å². The summed E-state index contributed by atoms with van der Waals surface area (Å²) in [6.45, 7) is 5.13. The second kappa shape index (κ2) is 6.33. The number of esters is 1. The van der Waals surface area contributed by atoms with Gasteiger partial charge in [-0.3, -0.25) is 4.79 Å². The van der Waals surface area contributed by atoms with Gasteiger partial charge in [0.05, 0.1) is 11.5 Å². The van der Waals surface area contributed by atoms with Gasteiger partial charge >= 0.3 is 5.97 Å². The molecule has 0 bridgehead atoms. The first kappa shape index (κ1) is 15.2. The molecule has 0 heterocycles. The molecule has 0 saturated carbocycles. The highest BCUT2D eigenvalue weighted by molar-refractivity contribution is 14.1. The lowest BCUT2D eigenvalue weighted by Crippen LogP contribution is -2.40. The maximum atomic E-state index is 12.1. The minimum Gasteiger partial charge on any atom is -0.426 e. The molecule has 1 aromatic rings. The molecular weight excluding hydrogens is 343 g/mol. The summed E-state index contributed by atoms with van der Waals surface area (Å²) < 4.78 is 7.03. The summed E-state index contributed by atoms with van der Waals surface area (Å²) >= 11 is 2.04. The lowest BCUT2D eigenvalue weighted by molar-refractivity contribution is -0.148. The quantitative estimate of drug-likeness (QED) is 0.509. The maximum Gasteiger partial charge on any atom is 0.319 e. The summed E-state index contributed by atoms with van der Waals surface area (Å²) in [5.74, 6) is 0.0395. The van der Waals surface area contributed by atoms with Gasteiger partial charge in [0.1, 0.15) is 5.75 Å². The molecule has 0 aliphatic rings. The van der Waals surface area contributed by atoms with Gasteiger partial charge in [-0.15, -0.1) is 0 Å². The van der Waals surface area contributed by atoms with E-state index < -0.39 is 17.5 Å². The van der Waals surface area contributed by atoms with Gasteiger partial charge in [0.15, 0.2) is 0 Å². The lowest BCUT2D eigenvalue weighted by atomic mass is 9.83. The molecule has 18 heavy (non-hydrogen) atoms. The molecule has 0 spiro atoms. The largest absolute Gasteiger partial charge is 0.426 e. The molecule has 1 rings (SSSR count). The molecule has 3 nitrogen and oxygen atoms in total. The summed E-state index contributed by atoms with van der Waals surface area (Å²) in [4.78, 5) is 12.1.